The van der Waals surface area contributed by atoms with Crippen LogP contribution in [0.25, 0.3) is 0 Å². The Morgan fingerprint density at radius 1 is 1.57 bits per heavy atom. The fourth-order valence-corrected chi connectivity index (χ4v) is 2.50. The highest BCUT2D eigenvalue weighted by atomic mass is 79.9. The Bertz CT molecular complexity index is 322. The highest BCUT2D eigenvalue weighted by Gasteiger charge is 2.28. The van der Waals surface area contributed by atoms with Crippen molar-refractivity contribution in [3.05, 3.63) is 23.5 Å². The number of pyridine rings is 1. The summed E-state index contributed by atoms with van der Waals surface area (Å²) in [5, 5.41) is 0.737. The van der Waals surface area contributed by atoms with Gasteiger partial charge < -0.3 is 4.90 Å². The van der Waals surface area contributed by atoms with Gasteiger partial charge in [-0.1, -0.05) is 34.5 Å². The first-order valence-electron chi connectivity index (χ1n) is 4.67. The van der Waals surface area contributed by atoms with Gasteiger partial charge in [0.05, 0.1) is 10.7 Å². The van der Waals surface area contributed by atoms with Crippen LogP contribution in [0, 0.1) is 5.92 Å². The summed E-state index contributed by atoms with van der Waals surface area (Å²) in [6.45, 7) is 4.32. The second-order valence-electron chi connectivity index (χ2n) is 3.73. The lowest BCUT2D eigenvalue weighted by Crippen LogP contribution is -2.20. The molecule has 0 aliphatic carbocycles. The van der Waals surface area contributed by atoms with E-state index in [1.165, 1.54) is 0 Å². The van der Waals surface area contributed by atoms with Crippen LogP contribution in [0.2, 0.25) is 5.02 Å². The summed E-state index contributed by atoms with van der Waals surface area (Å²) in [6, 6.07) is 1.97. The monoisotopic (exact) mass is 274 g/mol. The van der Waals surface area contributed by atoms with Crippen LogP contribution < -0.4 is 4.90 Å². The minimum atomic E-state index is 0.562. The van der Waals surface area contributed by atoms with Crippen LogP contribution in [0.1, 0.15) is 6.92 Å². The normalized spacial score (nSPS) is 26.9. The van der Waals surface area contributed by atoms with Crippen molar-refractivity contribution < 1.29 is 0 Å². The first kappa shape index (κ1) is 10.2. The molecule has 1 saturated heterocycles. The van der Waals surface area contributed by atoms with Gasteiger partial charge in [-0.25, -0.2) is 0 Å². The van der Waals surface area contributed by atoms with Crippen molar-refractivity contribution in [3.8, 4) is 0 Å². The van der Waals surface area contributed by atoms with Crippen LogP contribution >= 0.6 is 27.5 Å². The Balaban J connectivity index is 2.21. The summed E-state index contributed by atoms with van der Waals surface area (Å²) in [5.74, 6) is 0.666. The van der Waals surface area contributed by atoms with Crippen LogP contribution in [0.15, 0.2) is 18.5 Å². The number of alkyl halides is 1. The second-order valence-corrected chi connectivity index (χ2v) is 5.31. The summed E-state index contributed by atoms with van der Waals surface area (Å²) < 4.78 is 0. The number of rotatable bonds is 1. The molecule has 2 atom stereocenters. The maximum Gasteiger partial charge on any atom is 0.0822 e. The minimum absolute atomic E-state index is 0.562. The quantitative estimate of drug-likeness (QED) is 0.733. The molecular formula is C10H12BrClN2. The van der Waals surface area contributed by atoms with E-state index in [9.17, 15) is 0 Å². The molecule has 0 amide bonds. The minimum Gasteiger partial charge on any atom is -0.369 e. The second kappa shape index (κ2) is 4.07. The Kier molecular flexibility index (Phi) is 2.98. The maximum atomic E-state index is 6.08. The molecule has 2 nitrogen and oxygen atoms in total. The number of halogens is 2. The van der Waals surface area contributed by atoms with Crippen LogP contribution in [0.4, 0.5) is 5.69 Å². The summed E-state index contributed by atoms with van der Waals surface area (Å²) in [5.41, 5.74) is 1.09. The zero-order chi connectivity index (χ0) is 10.1. The van der Waals surface area contributed by atoms with Crippen LogP contribution in [0.3, 0.4) is 0 Å². The zero-order valence-electron chi connectivity index (χ0n) is 7.95. The molecule has 4 heteroatoms. The van der Waals surface area contributed by atoms with E-state index in [0.717, 1.165) is 23.8 Å². The number of aromatic nitrogens is 1. The van der Waals surface area contributed by atoms with Crippen molar-refractivity contribution in [1.29, 1.82) is 0 Å². The molecule has 14 heavy (non-hydrogen) atoms. The van der Waals surface area contributed by atoms with Gasteiger partial charge in [-0.2, -0.15) is 0 Å². The molecule has 1 aromatic rings. The highest BCUT2D eigenvalue weighted by molar-refractivity contribution is 9.09. The molecule has 1 aliphatic rings. The summed E-state index contributed by atoms with van der Waals surface area (Å²) in [7, 11) is 0. The van der Waals surface area contributed by atoms with E-state index in [-0.39, 0.29) is 0 Å². The average Bonchev–Trinajstić information content (AvgIpc) is 2.48. The predicted octanol–water partition coefficient (Wildman–Crippen LogP) is 2.95. The van der Waals surface area contributed by atoms with Crippen molar-refractivity contribution in [1.82, 2.24) is 4.98 Å². The van der Waals surface area contributed by atoms with Gasteiger partial charge in [0.15, 0.2) is 0 Å². The summed E-state index contributed by atoms with van der Waals surface area (Å²) in [4.78, 5) is 6.85. The lowest BCUT2D eigenvalue weighted by atomic mass is 10.2. The molecule has 0 radical (unpaired) electrons. The van der Waals surface area contributed by atoms with Crippen molar-refractivity contribution in [2.24, 2.45) is 5.92 Å². The molecule has 0 bridgehead atoms. The lowest BCUT2D eigenvalue weighted by molar-refractivity contribution is 0.680. The first-order valence-corrected chi connectivity index (χ1v) is 5.96. The number of hydrogen-bond acceptors (Lipinski definition) is 2. The molecule has 0 spiro atoms. The van der Waals surface area contributed by atoms with E-state index in [1.54, 1.807) is 12.4 Å². The maximum absolute atomic E-state index is 6.08. The van der Waals surface area contributed by atoms with E-state index in [1.807, 2.05) is 6.07 Å². The largest absolute Gasteiger partial charge is 0.369 e. The van der Waals surface area contributed by atoms with Crippen LogP contribution in [0.5, 0.6) is 0 Å². The van der Waals surface area contributed by atoms with Crippen molar-refractivity contribution >= 4 is 33.2 Å². The zero-order valence-corrected chi connectivity index (χ0v) is 10.3. The number of hydrogen-bond donors (Lipinski definition) is 0. The third-order valence-corrected chi connectivity index (χ3v) is 4.10. The van der Waals surface area contributed by atoms with Gasteiger partial charge in [-0.15, -0.1) is 0 Å². The van der Waals surface area contributed by atoms with E-state index in [4.69, 9.17) is 11.6 Å². The molecule has 1 aliphatic heterocycles. The van der Waals surface area contributed by atoms with Gasteiger partial charge in [0.1, 0.15) is 0 Å². The molecule has 2 heterocycles. The van der Waals surface area contributed by atoms with Crippen LogP contribution in [-0.4, -0.2) is 22.9 Å². The Labute approximate surface area is 97.4 Å². The van der Waals surface area contributed by atoms with Gasteiger partial charge in [0, 0.05) is 30.3 Å². The molecule has 0 saturated carbocycles. The van der Waals surface area contributed by atoms with Gasteiger partial charge in [0.2, 0.25) is 0 Å². The summed E-state index contributed by atoms with van der Waals surface area (Å²) >= 11 is 9.75. The summed E-state index contributed by atoms with van der Waals surface area (Å²) in [6.07, 6.45) is 3.48. The van der Waals surface area contributed by atoms with E-state index in [0.29, 0.717) is 10.7 Å². The van der Waals surface area contributed by atoms with Gasteiger partial charge in [-0.05, 0) is 12.0 Å². The molecule has 2 rings (SSSR count). The van der Waals surface area contributed by atoms with Gasteiger partial charge in [-0.3, -0.25) is 4.98 Å². The Morgan fingerprint density at radius 3 is 2.93 bits per heavy atom. The predicted molar refractivity (Wildman–Crippen MR) is 63.3 cm³/mol. The lowest BCUT2D eigenvalue weighted by Gasteiger charge is -2.18. The standard InChI is InChI=1S/C10H12BrClN2/c1-7-5-14(6-8(7)11)10-2-3-13-4-9(10)12/h2-4,7-8H,5-6H2,1H3. The van der Waals surface area contributed by atoms with E-state index < -0.39 is 0 Å². The molecule has 0 N–H and O–H groups in total. The number of anilines is 1. The molecule has 1 fully saturated rings. The van der Waals surface area contributed by atoms with E-state index in [2.05, 4.69) is 32.7 Å². The SMILES string of the molecule is CC1CN(c2ccncc2Cl)CC1Br. The fourth-order valence-electron chi connectivity index (χ4n) is 1.75. The third kappa shape index (κ3) is 1.89. The third-order valence-electron chi connectivity index (χ3n) is 2.61. The molecule has 76 valence electrons. The molecule has 2 unspecified atom stereocenters. The van der Waals surface area contributed by atoms with E-state index >= 15 is 0 Å². The Hall–Kier alpha value is -0.280. The fraction of sp³-hybridized carbons (Fsp3) is 0.500. The van der Waals surface area contributed by atoms with Gasteiger partial charge in [0.25, 0.3) is 0 Å². The average molecular weight is 276 g/mol. The van der Waals surface area contributed by atoms with Crippen molar-refractivity contribution in [3.63, 3.8) is 0 Å². The van der Waals surface area contributed by atoms with Gasteiger partial charge >= 0.3 is 0 Å². The van der Waals surface area contributed by atoms with Crippen LogP contribution in [-0.2, 0) is 0 Å². The first-order chi connectivity index (χ1) is 6.68. The molecular weight excluding hydrogens is 263 g/mol. The highest BCUT2D eigenvalue weighted by Crippen LogP contribution is 2.31. The molecule has 0 aromatic carbocycles. The van der Waals surface area contributed by atoms with Crippen molar-refractivity contribution in [2.45, 2.75) is 11.8 Å². The molecule has 1 aromatic heterocycles. The topological polar surface area (TPSA) is 16.1 Å². The van der Waals surface area contributed by atoms with Crippen molar-refractivity contribution in [2.75, 3.05) is 18.0 Å². The Morgan fingerprint density at radius 2 is 2.36 bits per heavy atom. The smallest absolute Gasteiger partial charge is 0.0822 e. The number of nitrogens with zero attached hydrogens (tertiary/aromatic N) is 2.